The molecular formula is C21H18F2N2O3. The van der Waals surface area contributed by atoms with Crippen molar-refractivity contribution in [2.75, 3.05) is 0 Å². The number of para-hydroxylation sites is 1. The summed E-state index contributed by atoms with van der Waals surface area (Å²) in [4.78, 5) is 23.7. The number of benzene rings is 2. The van der Waals surface area contributed by atoms with Crippen molar-refractivity contribution in [3.05, 3.63) is 77.5 Å². The van der Waals surface area contributed by atoms with Crippen LogP contribution in [0.5, 0.6) is 0 Å². The number of nitrogens with one attached hydrogen (secondary N) is 1. The Bertz CT molecular complexity index is 1070. The number of aliphatic carboxylic acids is 1. The summed E-state index contributed by atoms with van der Waals surface area (Å²) in [5.74, 6) is -3.22. The molecule has 1 amide bonds. The van der Waals surface area contributed by atoms with Crippen molar-refractivity contribution < 1.29 is 23.5 Å². The van der Waals surface area contributed by atoms with Crippen molar-refractivity contribution in [1.82, 2.24) is 9.88 Å². The summed E-state index contributed by atoms with van der Waals surface area (Å²) in [5, 5.41) is 12.8. The number of halogens is 2. The zero-order valence-corrected chi connectivity index (χ0v) is 15.0. The number of aromatic nitrogens is 1. The Balaban J connectivity index is 1.75. The summed E-state index contributed by atoms with van der Waals surface area (Å²) in [5.41, 5.74) is 1.64. The minimum atomic E-state index is -1.19. The molecule has 1 aromatic heterocycles. The van der Waals surface area contributed by atoms with Crippen LogP contribution in [0.1, 0.15) is 11.1 Å². The molecule has 0 bridgehead atoms. The molecule has 3 rings (SSSR count). The largest absolute Gasteiger partial charge is 0.480 e. The van der Waals surface area contributed by atoms with Crippen molar-refractivity contribution in [3.63, 3.8) is 0 Å². The maximum Gasteiger partial charge on any atom is 0.326 e. The normalized spacial score (nSPS) is 12.4. The number of amides is 1. The van der Waals surface area contributed by atoms with Gasteiger partial charge in [0.1, 0.15) is 17.7 Å². The van der Waals surface area contributed by atoms with E-state index in [4.69, 9.17) is 0 Å². The second-order valence-electron chi connectivity index (χ2n) is 6.39. The van der Waals surface area contributed by atoms with Gasteiger partial charge in [0.05, 0.1) is 0 Å². The van der Waals surface area contributed by atoms with Crippen molar-refractivity contribution in [3.8, 4) is 0 Å². The SMILES string of the molecule is Cn1cc(C[C@H](NC(=O)/C=C/c2cc(F)ccc2F)C(=O)O)c2ccccc21. The number of carbonyl (C=O) groups excluding carboxylic acids is 1. The van der Waals surface area contributed by atoms with Crippen LogP contribution in [0.3, 0.4) is 0 Å². The molecule has 5 nitrogen and oxygen atoms in total. The van der Waals surface area contributed by atoms with Gasteiger partial charge in [-0.05, 0) is 35.9 Å². The summed E-state index contributed by atoms with van der Waals surface area (Å²) >= 11 is 0. The van der Waals surface area contributed by atoms with Gasteiger partial charge in [0.15, 0.2) is 0 Å². The lowest BCUT2D eigenvalue weighted by Crippen LogP contribution is -2.41. The van der Waals surface area contributed by atoms with Crippen LogP contribution in [0, 0.1) is 11.6 Å². The smallest absolute Gasteiger partial charge is 0.326 e. The van der Waals surface area contributed by atoms with Crippen molar-refractivity contribution >= 4 is 28.9 Å². The maximum absolute atomic E-state index is 13.6. The van der Waals surface area contributed by atoms with Crippen LogP contribution in [0.4, 0.5) is 8.78 Å². The molecule has 0 unspecified atom stereocenters. The molecule has 0 aliphatic rings. The van der Waals surface area contributed by atoms with E-state index in [-0.39, 0.29) is 12.0 Å². The number of nitrogens with zero attached hydrogens (tertiary/aromatic N) is 1. The van der Waals surface area contributed by atoms with Gasteiger partial charge in [-0.1, -0.05) is 18.2 Å². The van der Waals surface area contributed by atoms with E-state index in [1.54, 1.807) is 0 Å². The highest BCUT2D eigenvalue weighted by Crippen LogP contribution is 2.21. The van der Waals surface area contributed by atoms with Gasteiger partial charge in [-0.15, -0.1) is 0 Å². The van der Waals surface area contributed by atoms with Gasteiger partial charge in [-0.2, -0.15) is 0 Å². The van der Waals surface area contributed by atoms with E-state index in [1.165, 1.54) is 0 Å². The summed E-state index contributed by atoms with van der Waals surface area (Å²) in [7, 11) is 1.86. The van der Waals surface area contributed by atoms with Gasteiger partial charge in [0, 0.05) is 42.2 Å². The fourth-order valence-corrected chi connectivity index (χ4v) is 3.04. The first kappa shape index (κ1) is 19.3. The Morgan fingerprint density at radius 1 is 1.21 bits per heavy atom. The maximum atomic E-state index is 13.6. The average molecular weight is 384 g/mol. The third kappa shape index (κ3) is 4.25. The number of aryl methyl sites for hydroxylation is 1. The number of carboxylic acid groups (broad SMARTS) is 1. The molecule has 1 atom stereocenters. The zero-order chi connectivity index (χ0) is 20.3. The quantitative estimate of drug-likeness (QED) is 0.641. The van der Waals surface area contributed by atoms with E-state index >= 15 is 0 Å². The summed E-state index contributed by atoms with van der Waals surface area (Å²) < 4.78 is 28.7. The lowest BCUT2D eigenvalue weighted by Gasteiger charge is -2.13. The summed E-state index contributed by atoms with van der Waals surface area (Å²) in [6, 6.07) is 9.26. The lowest BCUT2D eigenvalue weighted by molar-refractivity contribution is -0.141. The first-order valence-corrected chi connectivity index (χ1v) is 8.54. The van der Waals surface area contributed by atoms with Gasteiger partial charge in [-0.3, -0.25) is 4.79 Å². The Morgan fingerprint density at radius 3 is 2.71 bits per heavy atom. The summed E-state index contributed by atoms with van der Waals surface area (Å²) in [6.45, 7) is 0. The molecule has 7 heteroatoms. The molecule has 0 radical (unpaired) electrons. The highest BCUT2D eigenvalue weighted by molar-refractivity contribution is 5.94. The van der Waals surface area contributed by atoms with Crippen molar-refractivity contribution in [2.45, 2.75) is 12.5 Å². The second kappa shape index (κ2) is 8.04. The molecule has 1 heterocycles. The van der Waals surface area contributed by atoms with Crippen LogP contribution in [0.2, 0.25) is 0 Å². The van der Waals surface area contributed by atoms with E-state index in [0.717, 1.165) is 46.8 Å². The first-order valence-electron chi connectivity index (χ1n) is 8.54. The molecule has 144 valence electrons. The minimum absolute atomic E-state index is 0.0879. The number of carboxylic acids is 1. The third-order valence-corrected chi connectivity index (χ3v) is 4.39. The van der Waals surface area contributed by atoms with E-state index in [2.05, 4.69) is 5.32 Å². The minimum Gasteiger partial charge on any atom is -0.480 e. The fraction of sp³-hybridized carbons (Fsp3) is 0.143. The van der Waals surface area contributed by atoms with E-state index < -0.39 is 29.6 Å². The highest BCUT2D eigenvalue weighted by atomic mass is 19.1. The number of fused-ring (bicyclic) bond motifs is 1. The Kier molecular flexibility index (Phi) is 5.54. The fourth-order valence-electron chi connectivity index (χ4n) is 3.04. The Labute approximate surface area is 159 Å². The number of rotatable bonds is 6. The van der Waals surface area contributed by atoms with Crippen LogP contribution in [-0.4, -0.2) is 27.6 Å². The van der Waals surface area contributed by atoms with Crippen LogP contribution in [-0.2, 0) is 23.1 Å². The zero-order valence-electron chi connectivity index (χ0n) is 15.0. The molecule has 0 aliphatic carbocycles. The van der Waals surface area contributed by atoms with Gasteiger partial charge in [0.25, 0.3) is 0 Å². The Hall–Kier alpha value is -3.48. The molecule has 0 saturated carbocycles. The van der Waals surface area contributed by atoms with Crippen molar-refractivity contribution in [2.24, 2.45) is 7.05 Å². The molecule has 0 saturated heterocycles. The highest BCUT2D eigenvalue weighted by Gasteiger charge is 2.21. The molecule has 28 heavy (non-hydrogen) atoms. The van der Waals surface area contributed by atoms with E-state index in [0.29, 0.717) is 0 Å². The number of hydrogen-bond acceptors (Lipinski definition) is 2. The summed E-state index contributed by atoms with van der Waals surface area (Å²) in [6.07, 6.45) is 4.00. The lowest BCUT2D eigenvalue weighted by atomic mass is 10.0. The third-order valence-electron chi connectivity index (χ3n) is 4.39. The Morgan fingerprint density at radius 2 is 1.96 bits per heavy atom. The van der Waals surface area contributed by atoms with Gasteiger partial charge >= 0.3 is 5.97 Å². The van der Waals surface area contributed by atoms with Gasteiger partial charge < -0.3 is 15.0 Å². The molecule has 0 aliphatic heterocycles. The number of carbonyl (C=O) groups is 2. The van der Waals surface area contributed by atoms with Crippen LogP contribution in [0.15, 0.2) is 54.7 Å². The predicted molar refractivity (Wildman–Crippen MR) is 102 cm³/mol. The monoisotopic (exact) mass is 384 g/mol. The molecule has 2 aromatic carbocycles. The molecular weight excluding hydrogens is 366 g/mol. The van der Waals surface area contributed by atoms with Crippen LogP contribution in [0.25, 0.3) is 17.0 Å². The average Bonchev–Trinajstić information content (AvgIpc) is 2.98. The first-order chi connectivity index (χ1) is 13.3. The number of hydrogen-bond donors (Lipinski definition) is 2. The molecule has 0 fully saturated rings. The topological polar surface area (TPSA) is 71.3 Å². The van der Waals surface area contributed by atoms with Crippen LogP contribution < -0.4 is 5.32 Å². The molecule has 2 N–H and O–H groups in total. The molecule has 3 aromatic rings. The predicted octanol–water partition coefficient (Wildman–Crippen LogP) is 3.28. The van der Waals surface area contributed by atoms with Crippen LogP contribution >= 0.6 is 0 Å². The van der Waals surface area contributed by atoms with Gasteiger partial charge in [-0.25, -0.2) is 13.6 Å². The van der Waals surface area contributed by atoms with E-state index in [1.807, 2.05) is 42.1 Å². The van der Waals surface area contributed by atoms with Crippen molar-refractivity contribution in [1.29, 1.82) is 0 Å². The second-order valence-corrected chi connectivity index (χ2v) is 6.39. The van der Waals surface area contributed by atoms with Gasteiger partial charge in [0.2, 0.25) is 5.91 Å². The molecule has 0 spiro atoms. The van der Waals surface area contributed by atoms with E-state index in [9.17, 15) is 23.5 Å². The standard InChI is InChI=1S/C21H18F2N2O3/c1-25-12-14(16-4-2-3-5-19(16)25)11-18(21(27)28)24-20(26)9-6-13-10-15(22)7-8-17(13)23/h2-10,12,18H,11H2,1H3,(H,24,26)(H,27,28)/b9-6+/t18-/m0/s1.